The summed E-state index contributed by atoms with van der Waals surface area (Å²) in [5, 5.41) is 5.11. The molecule has 2 atom stereocenters. The van der Waals surface area contributed by atoms with Gasteiger partial charge in [-0.1, -0.05) is 18.2 Å². The molecule has 2 fully saturated rings. The summed E-state index contributed by atoms with van der Waals surface area (Å²) in [6.07, 6.45) is 4.83. The lowest BCUT2D eigenvalue weighted by molar-refractivity contribution is -0.128. The van der Waals surface area contributed by atoms with E-state index in [-0.39, 0.29) is 35.8 Å². The Labute approximate surface area is 216 Å². The molecule has 2 heterocycles. The summed E-state index contributed by atoms with van der Waals surface area (Å²) < 4.78 is 18.8. The molecule has 2 amide bonds. The number of thiophene rings is 1. The molecule has 0 radical (unpaired) electrons. The number of hydrogen-bond acceptors (Lipinski definition) is 6. The fourth-order valence-corrected chi connectivity index (χ4v) is 5.98. The number of carbonyl (C=O) groups is 2. The van der Waals surface area contributed by atoms with Crippen molar-refractivity contribution in [2.45, 2.75) is 69.2 Å². The van der Waals surface area contributed by atoms with Crippen molar-refractivity contribution < 1.29 is 18.7 Å². The number of carbonyl (C=O) groups excluding carboxylic acids is 2. The number of ether oxygens (including phenoxy) is 1. The molecule has 36 heavy (non-hydrogen) atoms. The van der Waals surface area contributed by atoms with Crippen LogP contribution in [0.25, 0.3) is 0 Å². The van der Waals surface area contributed by atoms with Crippen LogP contribution in [0.3, 0.4) is 0 Å². The Balaban J connectivity index is 1.51. The number of hydrogen-bond donors (Lipinski definition) is 2. The molecule has 196 valence electrons. The van der Waals surface area contributed by atoms with E-state index in [0.29, 0.717) is 37.5 Å². The Hall–Kier alpha value is -2.33. The van der Waals surface area contributed by atoms with Gasteiger partial charge in [-0.05, 0) is 67.7 Å². The number of benzene rings is 1. The van der Waals surface area contributed by atoms with E-state index in [1.54, 1.807) is 24.1 Å². The van der Waals surface area contributed by atoms with Crippen molar-refractivity contribution >= 4 is 23.2 Å². The maximum atomic E-state index is 13.6. The molecule has 4 rings (SSSR count). The Morgan fingerprint density at radius 2 is 1.92 bits per heavy atom. The van der Waals surface area contributed by atoms with Crippen LogP contribution in [0.5, 0.6) is 0 Å². The van der Waals surface area contributed by atoms with E-state index in [0.717, 1.165) is 37.7 Å². The molecule has 1 aliphatic carbocycles. The molecule has 1 saturated heterocycles. The summed E-state index contributed by atoms with van der Waals surface area (Å²) in [6, 6.07) is 10.0. The molecular weight excluding hydrogens is 479 g/mol. The minimum Gasteiger partial charge on any atom is -0.383 e. The van der Waals surface area contributed by atoms with E-state index in [2.05, 4.69) is 10.2 Å². The Kier molecular flexibility index (Phi) is 9.47. The molecule has 9 heteroatoms. The van der Waals surface area contributed by atoms with Gasteiger partial charge in [-0.25, -0.2) is 4.39 Å². The normalized spacial score (nSPS) is 24.6. The summed E-state index contributed by atoms with van der Waals surface area (Å²) in [4.78, 5) is 31.6. The number of likely N-dealkylation sites (tertiary alicyclic amines) is 1. The maximum absolute atomic E-state index is 13.6. The summed E-state index contributed by atoms with van der Waals surface area (Å²) >= 11 is 1.40. The van der Waals surface area contributed by atoms with Crippen molar-refractivity contribution in [2.24, 2.45) is 5.73 Å². The average Bonchev–Trinajstić information content (AvgIpc) is 3.43. The zero-order chi connectivity index (χ0) is 25.5. The molecule has 1 unspecified atom stereocenters. The van der Waals surface area contributed by atoms with Crippen LogP contribution in [-0.4, -0.2) is 72.6 Å². The van der Waals surface area contributed by atoms with Crippen LogP contribution in [-0.2, 0) is 16.1 Å². The lowest BCUT2D eigenvalue weighted by Crippen LogP contribution is -2.58. The lowest BCUT2D eigenvalue weighted by Gasteiger charge is -2.43. The van der Waals surface area contributed by atoms with Gasteiger partial charge in [0, 0.05) is 44.9 Å². The molecule has 7 nitrogen and oxygen atoms in total. The van der Waals surface area contributed by atoms with Gasteiger partial charge in [-0.2, -0.15) is 0 Å². The van der Waals surface area contributed by atoms with Crippen LogP contribution >= 0.6 is 11.3 Å². The second-order valence-electron chi connectivity index (χ2n) is 9.88. The minimum atomic E-state index is -0.549. The highest BCUT2D eigenvalue weighted by Gasteiger charge is 2.39. The molecule has 1 aromatic carbocycles. The number of amides is 2. The number of halogens is 1. The molecule has 2 aliphatic rings. The fraction of sp³-hybridized carbons (Fsp3) is 0.556. The molecule has 1 aromatic heterocycles. The number of nitrogens with zero attached hydrogens (tertiary/aromatic N) is 2. The second kappa shape index (κ2) is 12.8. The molecule has 1 saturated carbocycles. The van der Waals surface area contributed by atoms with Crippen molar-refractivity contribution in [3.8, 4) is 0 Å². The Bertz CT molecular complexity index is 979. The third-order valence-electron chi connectivity index (χ3n) is 7.39. The van der Waals surface area contributed by atoms with Crippen molar-refractivity contribution in [1.82, 2.24) is 15.1 Å². The van der Waals surface area contributed by atoms with Gasteiger partial charge in [0.15, 0.2) is 0 Å². The SMILES string of the molecule is COCCN(Cc1ccc(F)cc1)C1CCN(C(=O)c2cccs2)[C@@H](C(=O)NC2CCC(N)CC2)C1. The first-order valence-electron chi connectivity index (χ1n) is 12.8. The van der Waals surface area contributed by atoms with Crippen molar-refractivity contribution in [2.75, 3.05) is 26.8 Å². The Morgan fingerprint density at radius 1 is 1.17 bits per heavy atom. The summed E-state index contributed by atoms with van der Waals surface area (Å²) in [6.45, 7) is 2.37. The number of methoxy groups -OCH3 is 1. The topological polar surface area (TPSA) is 87.9 Å². The summed E-state index contributed by atoms with van der Waals surface area (Å²) in [5.74, 6) is -0.433. The molecule has 0 bridgehead atoms. The van der Waals surface area contributed by atoms with Crippen molar-refractivity contribution in [3.63, 3.8) is 0 Å². The Morgan fingerprint density at radius 3 is 2.58 bits per heavy atom. The van der Waals surface area contributed by atoms with Gasteiger partial charge in [-0.15, -0.1) is 11.3 Å². The predicted molar refractivity (Wildman–Crippen MR) is 139 cm³/mol. The highest BCUT2D eigenvalue weighted by molar-refractivity contribution is 7.12. The standard InChI is InChI=1S/C27H37FN4O3S/c1-35-15-14-31(18-19-4-6-20(28)7-5-19)23-12-13-32(27(34)25-3-2-16-36-25)24(17-23)26(33)30-22-10-8-21(29)9-11-22/h2-7,16,21-24H,8-15,17-18,29H2,1H3,(H,30,33)/t21?,22?,23?,24-/m1/s1. The third-order valence-corrected chi connectivity index (χ3v) is 8.24. The smallest absolute Gasteiger partial charge is 0.264 e. The molecule has 0 spiro atoms. The van der Waals surface area contributed by atoms with Gasteiger partial charge < -0.3 is 20.7 Å². The second-order valence-corrected chi connectivity index (χ2v) is 10.8. The maximum Gasteiger partial charge on any atom is 0.264 e. The van der Waals surface area contributed by atoms with Crippen LogP contribution in [0.2, 0.25) is 0 Å². The first kappa shape index (κ1) is 26.7. The van der Waals surface area contributed by atoms with Gasteiger partial charge in [0.2, 0.25) is 5.91 Å². The van der Waals surface area contributed by atoms with Gasteiger partial charge in [-0.3, -0.25) is 14.5 Å². The summed E-state index contributed by atoms with van der Waals surface area (Å²) in [5.41, 5.74) is 7.05. The van der Waals surface area contributed by atoms with E-state index in [9.17, 15) is 14.0 Å². The first-order chi connectivity index (χ1) is 17.4. The fourth-order valence-electron chi connectivity index (χ4n) is 5.30. The predicted octanol–water partition coefficient (Wildman–Crippen LogP) is 3.40. The van der Waals surface area contributed by atoms with E-state index in [1.807, 2.05) is 17.5 Å². The van der Waals surface area contributed by atoms with E-state index in [4.69, 9.17) is 10.5 Å². The number of rotatable bonds is 9. The van der Waals surface area contributed by atoms with E-state index < -0.39 is 6.04 Å². The quantitative estimate of drug-likeness (QED) is 0.534. The third kappa shape index (κ3) is 6.91. The molecule has 2 aromatic rings. The minimum absolute atomic E-state index is 0.0847. The van der Waals surface area contributed by atoms with Crippen LogP contribution in [0.15, 0.2) is 41.8 Å². The van der Waals surface area contributed by atoms with Crippen molar-refractivity contribution in [3.05, 3.63) is 58.0 Å². The van der Waals surface area contributed by atoms with E-state index >= 15 is 0 Å². The molecule has 1 aliphatic heterocycles. The van der Waals surface area contributed by atoms with Gasteiger partial charge in [0.05, 0.1) is 11.5 Å². The van der Waals surface area contributed by atoms with Crippen molar-refractivity contribution in [1.29, 1.82) is 0 Å². The zero-order valence-corrected chi connectivity index (χ0v) is 21.7. The number of nitrogens with one attached hydrogen (secondary N) is 1. The number of nitrogens with two attached hydrogens (primary N) is 1. The van der Waals surface area contributed by atoms with Crippen LogP contribution in [0, 0.1) is 5.82 Å². The van der Waals surface area contributed by atoms with E-state index in [1.165, 1.54) is 23.5 Å². The number of piperidine rings is 1. The molecular formula is C27H37FN4O3S. The monoisotopic (exact) mass is 516 g/mol. The largest absolute Gasteiger partial charge is 0.383 e. The lowest BCUT2D eigenvalue weighted by atomic mass is 9.90. The molecule has 3 N–H and O–H groups in total. The van der Waals surface area contributed by atoms with Crippen LogP contribution in [0.1, 0.15) is 53.8 Å². The highest BCUT2D eigenvalue weighted by Crippen LogP contribution is 2.27. The summed E-state index contributed by atoms with van der Waals surface area (Å²) in [7, 11) is 1.67. The van der Waals surface area contributed by atoms with Crippen LogP contribution in [0.4, 0.5) is 4.39 Å². The van der Waals surface area contributed by atoms with Gasteiger partial charge in [0.1, 0.15) is 11.9 Å². The van der Waals surface area contributed by atoms with Gasteiger partial charge in [0.25, 0.3) is 5.91 Å². The highest BCUT2D eigenvalue weighted by atomic mass is 32.1. The first-order valence-corrected chi connectivity index (χ1v) is 13.7. The zero-order valence-electron chi connectivity index (χ0n) is 20.9. The average molecular weight is 517 g/mol. The van der Waals surface area contributed by atoms with Gasteiger partial charge >= 0.3 is 0 Å². The van der Waals surface area contributed by atoms with Crippen LogP contribution < -0.4 is 11.1 Å².